The van der Waals surface area contributed by atoms with Gasteiger partial charge in [-0.15, -0.1) is 0 Å². The van der Waals surface area contributed by atoms with E-state index in [9.17, 15) is 4.39 Å². The molecule has 0 bridgehead atoms. The van der Waals surface area contributed by atoms with Crippen LogP contribution >= 0.6 is 27.5 Å². The van der Waals surface area contributed by atoms with E-state index >= 15 is 0 Å². The molecule has 0 atom stereocenters. The third kappa shape index (κ3) is 5.40. The van der Waals surface area contributed by atoms with Crippen LogP contribution in [0.3, 0.4) is 0 Å². The summed E-state index contributed by atoms with van der Waals surface area (Å²) in [4.78, 5) is 0. The molecule has 1 N–H and O–H groups in total. The third-order valence-corrected chi connectivity index (χ3v) is 5.08. The van der Waals surface area contributed by atoms with Crippen molar-refractivity contribution < 1.29 is 13.9 Å². The Kier molecular flexibility index (Phi) is 7.18. The van der Waals surface area contributed by atoms with Crippen LogP contribution in [-0.4, -0.2) is 6.61 Å². The number of benzene rings is 3. The first-order valence-electron chi connectivity index (χ1n) is 8.87. The average Bonchev–Trinajstić information content (AvgIpc) is 2.70. The zero-order chi connectivity index (χ0) is 19.9. The van der Waals surface area contributed by atoms with Gasteiger partial charge in [-0.3, -0.25) is 0 Å². The minimum Gasteiger partial charge on any atom is -0.490 e. The van der Waals surface area contributed by atoms with Crippen LogP contribution in [0.5, 0.6) is 11.5 Å². The van der Waals surface area contributed by atoms with Crippen LogP contribution in [0.4, 0.5) is 10.1 Å². The Labute approximate surface area is 177 Å². The molecule has 0 unspecified atom stereocenters. The Hall–Kier alpha value is -2.24. The predicted molar refractivity (Wildman–Crippen MR) is 115 cm³/mol. The number of nitrogens with one attached hydrogen (secondary N) is 1. The van der Waals surface area contributed by atoms with E-state index in [1.54, 1.807) is 12.1 Å². The summed E-state index contributed by atoms with van der Waals surface area (Å²) < 4.78 is 25.9. The number of hydrogen-bond acceptors (Lipinski definition) is 3. The molecule has 0 radical (unpaired) electrons. The third-order valence-electron chi connectivity index (χ3n) is 4.05. The largest absolute Gasteiger partial charge is 0.490 e. The highest BCUT2D eigenvalue weighted by Gasteiger charge is 2.12. The van der Waals surface area contributed by atoms with Gasteiger partial charge < -0.3 is 14.8 Å². The Morgan fingerprint density at radius 2 is 1.75 bits per heavy atom. The Morgan fingerprint density at radius 3 is 2.46 bits per heavy atom. The second kappa shape index (κ2) is 9.80. The lowest BCUT2D eigenvalue weighted by Gasteiger charge is -2.16. The SMILES string of the molecule is CCOc1cc(CNc2ccc(F)c(Cl)c2)c(Br)cc1OCc1ccccc1. The minimum absolute atomic E-state index is 0.0868. The van der Waals surface area contributed by atoms with Crippen molar-refractivity contribution in [3.8, 4) is 11.5 Å². The molecule has 0 aliphatic rings. The number of halogens is 3. The predicted octanol–water partition coefficient (Wildman–Crippen LogP) is 6.83. The number of hydrogen-bond donors (Lipinski definition) is 1. The molecule has 0 aliphatic carbocycles. The van der Waals surface area contributed by atoms with Crippen molar-refractivity contribution in [3.63, 3.8) is 0 Å². The van der Waals surface area contributed by atoms with E-state index in [1.165, 1.54) is 6.07 Å². The molecule has 3 nitrogen and oxygen atoms in total. The standard InChI is InChI=1S/C22H20BrClFNO2/c1-2-27-21-10-16(13-26-17-8-9-20(25)19(24)11-17)18(23)12-22(21)28-14-15-6-4-3-5-7-15/h3-12,26H,2,13-14H2,1H3. The van der Waals surface area contributed by atoms with Crippen LogP contribution in [-0.2, 0) is 13.2 Å². The van der Waals surface area contributed by atoms with Crippen LogP contribution in [0.2, 0.25) is 5.02 Å². The summed E-state index contributed by atoms with van der Waals surface area (Å²) in [5, 5.41) is 3.33. The van der Waals surface area contributed by atoms with Crippen molar-refractivity contribution in [3.05, 3.63) is 87.1 Å². The van der Waals surface area contributed by atoms with Gasteiger partial charge in [-0.1, -0.05) is 57.9 Å². The zero-order valence-corrected chi connectivity index (χ0v) is 17.7. The highest BCUT2D eigenvalue weighted by Crippen LogP contribution is 2.35. The van der Waals surface area contributed by atoms with Crippen LogP contribution in [0.15, 0.2) is 65.1 Å². The number of rotatable bonds is 8. The van der Waals surface area contributed by atoms with Gasteiger partial charge in [0.25, 0.3) is 0 Å². The van der Waals surface area contributed by atoms with Crippen LogP contribution in [0, 0.1) is 5.82 Å². The molecule has 0 saturated heterocycles. The fourth-order valence-corrected chi connectivity index (χ4v) is 3.28. The highest BCUT2D eigenvalue weighted by molar-refractivity contribution is 9.10. The van der Waals surface area contributed by atoms with E-state index < -0.39 is 5.82 Å². The van der Waals surface area contributed by atoms with Crippen molar-refractivity contribution in [2.75, 3.05) is 11.9 Å². The van der Waals surface area contributed by atoms with Gasteiger partial charge in [-0.05, 0) is 48.4 Å². The number of ether oxygens (including phenoxy) is 2. The molecule has 28 heavy (non-hydrogen) atoms. The molecule has 0 heterocycles. The lowest BCUT2D eigenvalue weighted by atomic mass is 10.2. The van der Waals surface area contributed by atoms with Crippen LogP contribution in [0.1, 0.15) is 18.1 Å². The first-order valence-corrected chi connectivity index (χ1v) is 10.0. The van der Waals surface area contributed by atoms with Crippen LogP contribution < -0.4 is 14.8 Å². The summed E-state index contributed by atoms with van der Waals surface area (Å²) in [6.07, 6.45) is 0. The summed E-state index contributed by atoms with van der Waals surface area (Å²) in [6, 6.07) is 18.4. The number of anilines is 1. The summed E-state index contributed by atoms with van der Waals surface area (Å²) in [5.74, 6) is 0.911. The summed E-state index contributed by atoms with van der Waals surface area (Å²) >= 11 is 9.44. The van der Waals surface area contributed by atoms with Gasteiger partial charge in [0.15, 0.2) is 11.5 Å². The van der Waals surface area contributed by atoms with Crippen LogP contribution in [0.25, 0.3) is 0 Å². The first-order chi connectivity index (χ1) is 13.6. The lowest BCUT2D eigenvalue weighted by Crippen LogP contribution is -2.04. The molecule has 0 fully saturated rings. The van der Waals surface area contributed by atoms with E-state index in [2.05, 4.69) is 21.2 Å². The molecule has 0 aliphatic heterocycles. The second-order valence-electron chi connectivity index (χ2n) is 6.08. The monoisotopic (exact) mass is 463 g/mol. The van der Waals surface area contributed by atoms with E-state index in [0.717, 1.165) is 21.3 Å². The molecular weight excluding hydrogens is 445 g/mol. The topological polar surface area (TPSA) is 30.5 Å². The molecule has 0 saturated carbocycles. The van der Waals surface area contributed by atoms with Crippen molar-refractivity contribution in [1.82, 2.24) is 0 Å². The van der Waals surface area contributed by atoms with E-state index in [1.807, 2.05) is 49.4 Å². The second-order valence-corrected chi connectivity index (χ2v) is 7.34. The quantitative estimate of drug-likeness (QED) is 0.396. The van der Waals surface area contributed by atoms with Gasteiger partial charge in [-0.2, -0.15) is 0 Å². The van der Waals surface area contributed by atoms with E-state index in [0.29, 0.717) is 31.3 Å². The summed E-state index contributed by atoms with van der Waals surface area (Å²) in [5.41, 5.74) is 2.80. The minimum atomic E-state index is -0.438. The average molecular weight is 465 g/mol. The zero-order valence-electron chi connectivity index (χ0n) is 15.3. The van der Waals surface area contributed by atoms with Crippen molar-refractivity contribution in [1.29, 1.82) is 0 Å². The fraction of sp³-hybridized carbons (Fsp3) is 0.182. The highest BCUT2D eigenvalue weighted by atomic mass is 79.9. The molecule has 0 aromatic heterocycles. The van der Waals surface area contributed by atoms with Gasteiger partial charge in [0, 0.05) is 16.7 Å². The molecule has 3 aromatic carbocycles. The smallest absolute Gasteiger partial charge is 0.162 e. The van der Waals surface area contributed by atoms with Gasteiger partial charge >= 0.3 is 0 Å². The van der Waals surface area contributed by atoms with E-state index in [4.69, 9.17) is 21.1 Å². The fourth-order valence-electron chi connectivity index (χ4n) is 2.63. The van der Waals surface area contributed by atoms with E-state index in [-0.39, 0.29) is 5.02 Å². The maximum atomic E-state index is 13.3. The maximum absolute atomic E-state index is 13.3. The maximum Gasteiger partial charge on any atom is 0.162 e. The van der Waals surface area contributed by atoms with Gasteiger partial charge in [-0.25, -0.2) is 4.39 Å². The molecule has 3 rings (SSSR count). The normalized spacial score (nSPS) is 10.6. The molecule has 0 amide bonds. The van der Waals surface area contributed by atoms with Gasteiger partial charge in [0.2, 0.25) is 0 Å². The molecule has 0 spiro atoms. The summed E-state index contributed by atoms with van der Waals surface area (Å²) in [6.45, 7) is 3.44. The Morgan fingerprint density at radius 1 is 1.00 bits per heavy atom. The van der Waals surface area contributed by atoms with Gasteiger partial charge in [0.1, 0.15) is 12.4 Å². The first kappa shape index (κ1) is 20.5. The lowest BCUT2D eigenvalue weighted by molar-refractivity contribution is 0.269. The molecule has 3 aromatic rings. The van der Waals surface area contributed by atoms with Crippen molar-refractivity contribution in [2.24, 2.45) is 0 Å². The Bertz CT molecular complexity index is 937. The van der Waals surface area contributed by atoms with Crippen molar-refractivity contribution >= 4 is 33.2 Å². The molecule has 146 valence electrons. The van der Waals surface area contributed by atoms with Crippen molar-refractivity contribution in [2.45, 2.75) is 20.1 Å². The molecular formula is C22H20BrClFNO2. The Balaban J connectivity index is 1.74. The summed E-state index contributed by atoms with van der Waals surface area (Å²) in [7, 11) is 0. The van der Waals surface area contributed by atoms with Gasteiger partial charge in [0.05, 0.1) is 11.6 Å². The molecule has 6 heteroatoms.